The fraction of sp³-hybridized carbons (Fsp3) is 0.462. The highest BCUT2D eigenvalue weighted by Gasteiger charge is 2.19. The van der Waals surface area contributed by atoms with Crippen molar-refractivity contribution < 1.29 is 5.11 Å². The second-order valence-corrected chi connectivity index (χ2v) is 5.92. The van der Waals surface area contributed by atoms with Crippen LogP contribution in [0.25, 0.3) is 11.0 Å². The molecule has 2 aromatic rings. The zero-order chi connectivity index (χ0) is 12.5. The molecule has 1 atom stereocenters. The molecule has 1 aromatic carbocycles. The van der Waals surface area contributed by atoms with Gasteiger partial charge in [-0.1, -0.05) is 0 Å². The number of fused-ring (bicyclic) bond motifs is 1. The maximum Gasteiger partial charge on any atom is 0.135 e. The second-order valence-electron chi connectivity index (χ2n) is 4.77. The van der Waals surface area contributed by atoms with Crippen LogP contribution < -0.4 is 5.73 Å². The highest BCUT2D eigenvalue weighted by molar-refractivity contribution is 7.99. The van der Waals surface area contributed by atoms with Crippen molar-refractivity contribution in [3.8, 4) is 0 Å². The first-order valence-corrected chi connectivity index (χ1v) is 7.36. The lowest BCUT2D eigenvalue weighted by Crippen LogP contribution is -2.12. The lowest BCUT2D eigenvalue weighted by Gasteiger charge is -2.12. The number of aliphatic hydroxyl groups is 1. The van der Waals surface area contributed by atoms with Crippen LogP contribution in [0.15, 0.2) is 18.2 Å². The zero-order valence-corrected chi connectivity index (χ0v) is 11.0. The second kappa shape index (κ2) is 4.82. The Balaban J connectivity index is 2.01. The predicted molar refractivity (Wildman–Crippen MR) is 75.5 cm³/mol. The summed E-state index contributed by atoms with van der Waals surface area (Å²) in [6.07, 6.45) is 1.25. The van der Waals surface area contributed by atoms with Gasteiger partial charge >= 0.3 is 0 Å². The Kier molecular flexibility index (Phi) is 3.18. The monoisotopic (exact) mass is 263 g/mol. The summed E-state index contributed by atoms with van der Waals surface area (Å²) in [7, 11) is 0. The molecule has 2 heterocycles. The number of benzene rings is 1. The van der Waals surface area contributed by atoms with Gasteiger partial charge in [0.1, 0.15) is 12.4 Å². The smallest absolute Gasteiger partial charge is 0.135 e. The first-order chi connectivity index (χ1) is 8.78. The number of nitrogens with zero attached hydrogens (tertiary/aromatic N) is 2. The van der Waals surface area contributed by atoms with Crippen LogP contribution in [0, 0.1) is 5.92 Å². The molecule has 3 N–H and O–H groups in total. The largest absolute Gasteiger partial charge is 0.399 e. The maximum absolute atomic E-state index is 9.44. The number of aromatic nitrogens is 2. The average Bonchev–Trinajstić information content (AvgIpc) is 2.97. The van der Waals surface area contributed by atoms with E-state index in [1.54, 1.807) is 0 Å². The van der Waals surface area contributed by atoms with Gasteiger partial charge in [0.15, 0.2) is 0 Å². The summed E-state index contributed by atoms with van der Waals surface area (Å²) in [6.45, 7) is 0.928. The Hall–Kier alpha value is -1.20. The summed E-state index contributed by atoms with van der Waals surface area (Å²) in [5.41, 5.74) is 8.44. The first-order valence-electron chi connectivity index (χ1n) is 6.21. The van der Waals surface area contributed by atoms with Crippen molar-refractivity contribution in [1.29, 1.82) is 0 Å². The van der Waals surface area contributed by atoms with Gasteiger partial charge in [-0.2, -0.15) is 11.8 Å². The summed E-state index contributed by atoms with van der Waals surface area (Å²) in [5.74, 6) is 3.89. The van der Waals surface area contributed by atoms with E-state index in [1.807, 2.05) is 30.0 Å². The minimum absolute atomic E-state index is 0.0194. The molecule has 1 aromatic heterocycles. The first kappa shape index (κ1) is 11.9. The van der Waals surface area contributed by atoms with Crippen LogP contribution >= 0.6 is 11.8 Å². The molecule has 1 unspecified atom stereocenters. The number of hydrogen-bond donors (Lipinski definition) is 2. The van der Waals surface area contributed by atoms with E-state index in [2.05, 4.69) is 9.55 Å². The average molecular weight is 263 g/mol. The third-order valence-electron chi connectivity index (χ3n) is 3.46. The third-order valence-corrected chi connectivity index (χ3v) is 4.69. The van der Waals surface area contributed by atoms with Crippen LogP contribution in [0.2, 0.25) is 0 Å². The van der Waals surface area contributed by atoms with Crippen LogP contribution in [0.1, 0.15) is 12.2 Å². The molecular formula is C13H17N3OS. The van der Waals surface area contributed by atoms with E-state index in [-0.39, 0.29) is 6.61 Å². The number of thioether (sulfide) groups is 1. The summed E-state index contributed by atoms with van der Waals surface area (Å²) < 4.78 is 2.14. The van der Waals surface area contributed by atoms with Gasteiger partial charge in [-0.05, 0) is 42.0 Å². The molecule has 0 bridgehead atoms. The lowest BCUT2D eigenvalue weighted by molar-refractivity contribution is 0.263. The zero-order valence-electron chi connectivity index (χ0n) is 10.2. The van der Waals surface area contributed by atoms with Gasteiger partial charge in [-0.15, -0.1) is 0 Å². The molecule has 1 aliphatic heterocycles. The van der Waals surface area contributed by atoms with Crippen molar-refractivity contribution in [1.82, 2.24) is 9.55 Å². The van der Waals surface area contributed by atoms with E-state index in [1.165, 1.54) is 17.9 Å². The third kappa shape index (κ3) is 2.08. The number of imidazole rings is 1. The Bertz CT molecular complexity index is 561. The number of rotatable bonds is 3. The topological polar surface area (TPSA) is 64.1 Å². The Morgan fingerprint density at radius 2 is 2.39 bits per heavy atom. The van der Waals surface area contributed by atoms with Crippen molar-refractivity contribution >= 4 is 28.5 Å². The van der Waals surface area contributed by atoms with Gasteiger partial charge in [0.2, 0.25) is 0 Å². The van der Waals surface area contributed by atoms with Gasteiger partial charge in [0.25, 0.3) is 0 Å². The number of anilines is 1. The molecule has 0 aliphatic carbocycles. The highest BCUT2D eigenvalue weighted by atomic mass is 32.2. The number of aliphatic hydroxyl groups excluding tert-OH is 1. The molecule has 1 fully saturated rings. The molecule has 4 nitrogen and oxygen atoms in total. The lowest BCUT2D eigenvalue weighted by atomic mass is 10.1. The maximum atomic E-state index is 9.44. The van der Waals surface area contributed by atoms with Gasteiger partial charge < -0.3 is 15.4 Å². The minimum atomic E-state index is -0.0194. The van der Waals surface area contributed by atoms with Crippen LogP contribution in [0.3, 0.4) is 0 Å². The molecule has 5 heteroatoms. The van der Waals surface area contributed by atoms with Gasteiger partial charge in [0, 0.05) is 12.2 Å². The van der Waals surface area contributed by atoms with E-state index in [9.17, 15) is 5.11 Å². The molecule has 0 amide bonds. The quantitative estimate of drug-likeness (QED) is 0.830. The molecule has 0 spiro atoms. The predicted octanol–water partition coefficient (Wildman–Crippen LogP) is 1.86. The fourth-order valence-electron chi connectivity index (χ4n) is 2.51. The number of hydrogen-bond acceptors (Lipinski definition) is 4. The standard InChI is InChI=1S/C13H17N3OS/c14-10-1-2-12-11(5-10)15-13(7-17)16(12)6-9-3-4-18-8-9/h1-2,5,9,17H,3-4,6-8,14H2. The summed E-state index contributed by atoms with van der Waals surface area (Å²) in [5, 5.41) is 9.44. The summed E-state index contributed by atoms with van der Waals surface area (Å²) >= 11 is 2.01. The molecule has 0 radical (unpaired) electrons. The van der Waals surface area contributed by atoms with Gasteiger partial charge in [0.05, 0.1) is 11.0 Å². The van der Waals surface area contributed by atoms with Crippen molar-refractivity contribution in [3.63, 3.8) is 0 Å². The molecule has 0 saturated carbocycles. The van der Waals surface area contributed by atoms with Gasteiger partial charge in [-0.25, -0.2) is 4.98 Å². The Morgan fingerprint density at radius 3 is 3.11 bits per heavy atom. The van der Waals surface area contributed by atoms with Crippen LogP contribution in [0.5, 0.6) is 0 Å². The van der Waals surface area contributed by atoms with E-state index in [0.29, 0.717) is 11.6 Å². The van der Waals surface area contributed by atoms with E-state index in [0.717, 1.165) is 23.4 Å². The van der Waals surface area contributed by atoms with E-state index in [4.69, 9.17) is 5.73 Å². The number of nitrogens with two attached hydrogens (primary N) is 1. The van der Waals surface area contributed by atoms with Crippen LogP contribution in [-0.2, 0) is 13.2 Å². The van der Waals surface area contributed by atoms with Crippen molar-refractivity contribution in [2.75, 3.05) is 17.2 Å². The van der Waals surface area contributed by atoms with Gasteiger partial charge in [-0.3, -0.25) is 0 Å². The van der Waals surface area contributed by atoms with Crippen molar-refractivity contribution in [3.05, 3.63) is 24.0 Å². The molecule has 3 rings (SSSR count). The normalized spacial score (nSPS) is 19.7. The van der Waals surface area contributed by atoms with Crippen LogP contribution in [0.4, 0.5) is 5.69 Å². The SMILES string of the molecule is Nc1ccc2c(c1)nc(CO)n2CC1CCSC1. The highest BCUT2D eigenvalue weighted by Crippen LogP contribution is 2.27. The molecule has 18 heavy (non-hydrogen) atoms. The van der Waals surface area contributed by atoms with Crippen molar-refractivity contribution in [2.24, 2.45) is 5.92 Å². The molecular weight excluding hydrogens is 246 g/mol. The molecule has 1 saturated heterocycles. The molecule has 96 valence electrons. The van der Waals surface area contributed by atoms with E-state index < -0.39 is 0 Å². The van der Waals surface area contributed by atoms with Crippen LogP contribution in [-0.4, -0.2) is 26.2 Å². The Morgan fingerprint density at radius 1 is 1.50 bits per heavy atom. The fourth-order valence-corrected chi connectivity index (χ4v) is 3.78. The van der Waals surface area contributed by atoms with E-state index >= 15 is 0 Å². The molecule has 1 aliphatic rings. The number of nitrogen functional groups attached to an aromatic ring is 1. The Labute approximate surface area is 110 Å². The summed E-state index contributed by atoms with van der Waals surface area (Å²) in [6, 6.07) is 5.76. The summed E-state index contributed by atoms with van der Waals surface area (Å²) in [4.78, 5) is 4.46. The minimum Gasteiger partial charge on any atom is -0.399 e. The van der Waals surface area contributed by atoms with Crippen molar-refractivity contribution in [2.45, 2.75) is 19.6 Å².